The molecule has 0 unspecified atom stereocenters. The Hall–Kier alpha value is -0.570. The molecule has 2 aliphatic rings. The van der Waals surface area contributed by atoms with Crippen LogP contribution in [0, 0.1) is 11.8 Å². The van der Waals surface area contributed by atoms with Gasteiger partial charge in [0.05, 0.1) is 0 Å². The quantitative estimate of drug-likeness (QED) is 0.734. The maximum Gasteiger partial charge on any atom is 0.226 e. The maximum absolute atomic E-state index is 12.4. The summed E-state index contributed by atoms with van der Waals surface area (Å²) in [4.78, 5) is 14.5. The normalized spacial score (nSPS) is 36.1. The van der Waals surface area contributed by atoms with Crippen LogP contribution in [-0.2, 0) is 4.79 Å². The molecule has 1 heterocycles. The Kier molecular flexibility index (Phi) is 3.85. The van der Waals surface area contributed by atoms with E-state index in [0.717, 1.165) is 38.4 Å². The lowest BCUT2D eigenvalue weighted by Gasteiger charge is -2.37. The third kappa shape index (κ3) is 2.57. The van der Waals surface area contributed by atoms with Crippen molar-refractivity contribution < 1.29 is 4.79 Å². The Bertz CT molecular complexity index is 246. The van der Waals surface area contributed by atoms with Gasteiger partial charge in [0.1, 0.15) is 0 Å². The second-order valence-corrected chi connectivity index (χ2v) is 5.54. The molecule has 0 aromatic heterocycles. The third-order valence-electron chi connectivity index (χ3n) is 4.15. The van der Waals surface area contributed by atoms with E-state index in [2.05, 4.69) is 24.1 Å². The largest absolute Gasteiger partial charge is 0.337 e. The highest BCUT2D eigenvalue weighted by Gasteiger charge is 2.31. The van der Waals surface area contributed by atoms with Gasteiger partial charge in [0, 0.05) is 31.6 Å². The minimum atomic E-state index is 0.316. The standard InChI is InChI=1S/C13H24N2O/c1-10-3-5-12(6-4-10)13(16)15-8-7-14-9-11(15)2/h10-12,14H,3-9H2,1-2H3/t10-,11-,12+/m1/s1. The highest BCUT2D eigenvalue weighted by Crippen LogP contribution is 2.30. The molecule has 2 fully saturated rings. The number of carbonyl (C=O) groups is 1. The molecule has 1 atom stereocenters. The first-order chi connectivity index (χ1) is 7.68. The van der Waals surface area contributed by atoms with E-state index in [9.17, 15) is 4.79 Å². The smallest absolute Gasteiger partial charge is 0.226 e. The number of carbonyl (C=O) groups excluding carboxylic acids is 1. The van der Waals surface area contributed by atoms with Gasteiger partial charge >= 0.3 is 0 Å². The molecule has 1 aliphatic carbocycles. The molecule has 0 bridgehead atoms. The molecule has 0 radical (unpaired) electrons. The van der Waals surface area contributed by atoms with Gasteiger partial charge in [-0.2, -0.15) is 0 Å². The summed E-state index contributed by atoms with van der Waals surface area (Å²) >= 11 is 0. The van der Waals surface area contributed by atoms with E-state index >= 15 is 0 Å². The number of rotatable bonds is 1. The summed E-state index contributed by atoms with van der Waals surface area (Å²) in [6.07, 6.45) is 4.68. The van der Waals surface area contributed by atoms with Crippen molar-refractivity contribution in [1.29, 1.82) is 0 Å². The van der Waals surface area contributed by atoms with Crippen molar-refractivity contribution >= 4 is 5.91 Å². The van der Waals surface area contributed by atoms with Crippen molar-refractivity contribution in [1.82, 2.24) is 10.2 Å². The minimum absolute atomic E-state index is 0.316. The molecule has 1 saturated carbocycles. The van der Waals surface area contributed by atoms with Crippen LogP contribution in [0.5, 0.6) is 0 Å². The van der Waals surface area contributed by atoms with E-state index in [0.29, 0.717) is 17.9 Å². The monoisotopic (exact) mass is 224 g/mol. The lowest BCUT2D eigenvalue weighted by molar-refractivity contribution is -0.139. The van der Waals surface area contributed by atoms with Crippen molar-refractivity contribution in [3.63, 3.8) is 0 Å². The van der Waals surface area contributed by atoms with Crippen LogP contribution in [0.25, 0.3) is 0 Å². The van der Waals surface area contributed by atoms with Crippen LogP contribution in [0.3, 0.4) is 0 Å². The van der Waals surface area contributed by atoms with Gasteiger partial charge in [0.2, 0.25) is 5.91 Å². The Morgan fingerprint density at radius 1 is 1.19 bits per heavy atom. The van der Waals surface area contributed by atoms with E-state index in [4.69, 9.17) is 0 Å². The summed E-state index contributed by atoms with van der Waals surface area (Å²) in [5.41, 5.74) is 0. The Balaban J connectivity index is 1.90. The summed E-state index contributed by atoms with van der Waals surface area (Å²) in [6, 6.07) is 0.376. The van der Waals surface area contributed by atoms with Gasteiger partial charge in [0.15, 0.2) is 0 Å². The van der Waals surface area contributed by atoms with Crippen molar-refractivity contribution in [2.75, 3.05) is 19.6 Å². The highest BCUT2D eigenvalue weighted by atomic mass is 16.2. The second kappa shape index (κ2) is 5.17. The molecule has 0 spiro atoms. The van der Waals surface area contributed by atoms with Crippen LogP contribution < -0.4 is 5.32 Å². The first kappa shape index (κ1) is 11.9. The predicted molar refractivity (Wildman–Crippen MR) is 65.2 cm³/mol. The van der Waals surface area contributed by atoms with Crippen LogP contribution in [-0.4, -0.2) is 36.5 Å². The molecule has 3 nitrogen and oxygen atoms in total. The van der Waals surface area contributed by atoms with Crippen LogP contribution in [0.15, 0.2) is 0 Å². The Labute approximate surface area is 98.6 Å². The van der Waals surface area contributed by atoms with Crippen LogP contribution in [0.1, 0.15) is 39.5 Å². The van der Waals surface area contributed by atoms with Gasteiger partial charge in [0.25, 0.3) is 0 Å². The molecule has 3 heteroatoms. The molecule has 0 aromatic rings. The minimum Gasteiger partial charge on any atom is -0.337 e. The fourth-order valence-corrected chi connectivity index (χ4v) is 2.91. The second-order valence-electron chi connectivity index (χ2n) is 5.54. The third-order valence-corrected chi connectivity index (χ3v) is 4.15. The zero-order chi connectivity index (χ0) is 11.5. The van der Waals surface area contributed by atoms with Crippen LogP contribution in [0.4, 0.5) is 0 Å². The number of hydrogen-bond donors (Lipinski definition) is 1. The highest BCUT2D eigenvalue weighted by molar-refractivity contribution is 5.79. The van der Waals surface area contributed by atoms with Gasteiger partial charge in [-0.05, 0) is 38.5 Å². The van der Waals surface area contributed by atoms with Crippen molar-refractivity contribution in [3.8, 4) is 0 Å². The lowest BCUT2D eigenvalue weighted by Crippen LogP contribution is -2.54. The fraction of sp³-hybridized carbons (Fsp3) is 0.923. The number of amides is 1. The Morgan fingerprint density at radius 3 is 2.50 bits per heavy atom. The van der Waals surface area contributed by atoms with Gasteiger partial charge in [-0.25, -0.2) is 0 Å². The van der Waals surface area contributed by atoms with Gasteiger partial charge < -0.3 is 10.2 Å². The molecule has 1 amide bonds. The number of piperazine rings is 1. The van der Waals surface area contributed by atoms with Gasteiger partial charge in [-0.3, -0.25) is 4.79 Å². The summed E-state index contributed by atoms with van der Waals surface area (Å²) in [7, 11) is 0. The van der Waals surface area contributed by atoms with Crippen LogP contribution >= 0.6 is 0 Å². The maximum atomic E-state index is 12.4. The van der Waals surface area contributed by atoms with E-state index in [1.165, 1.54) is 12.8 Å². The first-order valence-electron chi connectivity index (χ1n) is 6.69. The molecule has 0 aromatic carbocycles. The summed E-state index contributed by atoms with van der Waals surface area (Å²) < 4.78 is 0. The van der Waals surface area contributed by atoms with Crippen molar-refractivity contribution in [2.45, 2.75) is 45.6 Å². The average Bonchev–Trinajstić information content (AvgIpc) is 2.30. The van der Waals surface area contributed by atoms with Crippen molar-refractivity contribution in [2.24, 2.45) is 11.8 Å². The first-order valence-corrected chi connectivity index (χ1v) is 6.69. The van der Waals surface area contributed by atoms with Crippen molar-refractivity contribution in [3.05, 3.63) is 0 Å². The summed E-state index contributed by atoms with van der Waals surface area (Å²) in [5.74, 6) is 1.56. The molecule has 1 N–H and O–H groups in total. The molecule has 2 rings (SSSR count). The predicted octanol–water partition coefficient (Wildman–Crippen LogP) is 1.63. The number of nitrogens with one attached hydrogen (secondary N) is 1. The molecule has 1 aliphatic heterocycles. The molecular weight excluding hydrogens is 200 g/mol. The summed E-state index contributed by atoms with van der Waals surface area (Å²) in [6.45, 7) is 7.25. The van der Waals surface area contributed by atoms with E-state index < -0.39 is 0 Å². The molecule has 1 saturated heterocycles. The zero-order valence-corrected chi connectivity index (χ0v) is 10.5. The van der Waals surface area contributed by atoms with E-state index in [1.807, 2.05) is 0 Å². The van der Waals surface area contributed by atoms with Gasteiger partial charge in [-0.15, -0.1) is 0 Å². The Morgan fingerprint density at radius 2 is 1.88 bits per heavy atom. The topological polar surface area (TPSA) is 32.3 Å². The molecule has 92 valence electrons. The SMILES string of the molecule is C[C@@H]1CNCCN1C(=O)[C@H]1CC[C@@H](C)CC1. The average molecular weight is 224 g/mol. The number of hydrogen-bond acceptors (Lipinski definition) is 2. The molecular formula is C13H24N2O. The van der Waals surface area contributed by atoms with Gasteiger partial charge in [-0.1, -0.05) is 6.92 Å². The lowest BCUT2D eigenvalue weighted by atomic mass is 9.82. The fourth-order valence-electron chi connectivity index (χ4n) is 2.91. The zero-order valence-electron chi connectivity index (χ0n) is 10.5. The number of nitrogens with zero attached hydrogens (tertiary/aromatic N) is 1. The summed E-state index contributed by atoms with van der Waals surface area (Å²) in [5, 5.41) is 3.34. The van der Waals surface area contributed by atoms with Crippen LogP contribution in [0.2, 0.25) is 0 Å². The molecule has 16 heavy (non-hydrogen) atoms. The van der Waals surface area contributed by atoms with E-state index in [-0.39, 0.29) is 0 Å². The van der Waals surface area contributed by atoms with E-state index in [1.54, 1.807) is 0 Å².